The first-order chi connectivity index (χ1) is 10.0. The van der Waals surface area contributed by atoms with Crippen LogP contribution in [0.3, 0.4) is 0 Å². The molecule has 0 aliphatic carbocycles. The van der Waals surface area contributed by atoms with E-state index in [0.717, 1.165) is 18.7 Å². The van der Waals surface area contributed by atoms with E-state index in [9.17, 15) is 0 Å². The maximum Gasteiger partial charge on any atom is 0.0418 e. The van der Waals surface area contributed by atoms with Crippen molar-refractivity contribution in [1.29, 1.82) is 0 Å². The molecule has 114 valence electrons. The second-order valence-electron chi connectivity index (χ2n) is 6.37. The Morgan fingerprint density at radius 3 is 2.76 bits per heavy atom. The standard InChI is InChI=1S/C18H26N2S/c1-5-10-20-17(13-21-18(2,3)4)15-8-6-7-14-9-11-19-12-16(14)15/h6-9,11-12,17,20H,5,10,13H2,1-4H3. The number of nitrogens with zero attached hydrogens (tertiary/aromatic N) is 1. The summed E-state index contributed by atoms with van der Waals surface area (Å²) in [7, 11) is 0. The van der Waals surface area contributed by atoms with Gasteiger partial charge in [-0.05, 0) is 30.0 Å². The minimum absolute atomic E-state index is 0.287. The molecular weight excluding hydrogens is 276 g/mol. The first-order valence-corrected chi connectivity index (χ1v) is 8.70. The van der Waals surface area contributed by atoms with Crippen LogP contribution in [-0.4, -0.2) is 22.0 Å². The van der Waals surface area contributed by atoms with Gasteiger partial charge in [0.25, 0.3) is 0 Å². The van der Waals surface area contributed by atoms with Gasteiger partial charge in [0.1, 0.15) is 0 Å². The van der Waals surface area contributed by atoms with Crippen LogP contribution in [0.2, 0.25) is 0 Å². The third kappa shape index (κ3) is 4.72. The molecule has 2 nitrogen and oxygen atoms in total. The molecule has 0 saturated carbocycles. The molecule has 0 fully saturated rings. The number of benzene rings is 1. The van der Waals surface area contributed by atoms with Crippen molar-refractivity contribution in [3.05, 3.63) is 42.2 Å². The van der Waals surface area contributed by atoms with Crippen molar-refractivity contribution in [2.24, 2.45) is 0 Å². The lowest BCUT2D eigenvalue weighted by atomic mass is 10.0. The Hall–Kier alpha value is -1.06. The van der Waals surface area contributed by atoms with Gasteiger partial charge < -0.3 is 5.32 Å². The third-order valence-electron chi connectivity index (χ3n) is 3.42. The summed E-state index contributed by atoms with van der Waals surface area (Å²) in [5.41, 5.74) is 1.37. The molecule has 1 unspecified atom stereocenters. The van der Waals surface area contributed by atoms with E-state index in [1.807, 2.05) is 24.2 Å². The molecule has 0 saturated heterocycles. The summed E-state index contributed by atoms with van der Waals surface area (Å²) in [4.78, 5) is 4.31. The topological polar surface area (TPSA) is 24.9 Å². The van der Waals surface area contributed by atoms with Crippen molar-refractivity contribution in [1.82, 2.24) is 10.3 Å². The summed E-state index contributed by atoms with van der Waals surface area (Å²) < 4.78 is 0.287. The highest BCUT2D eigenvalue weighted by Crippen LogP contribution is 2.31. The highest BCUT2D eigenvalue weighted by Gasteiger charge is 2.18. The fourth-order valence-corrected chi connectivity index (χ4v) is 3.32. The number of nitrogens with one attached hydrogen (secondary N) is 1. The van der Waals surface area contributed by atoms with Crippen LogP contribution < -0.4 is 5.32 Å². The largest absolute Gasteiger partial charge is 0.309 e. The Kier molecular flexibility index (Phi) is 5.65. The summed E-state index contributed by atoms with van der Waals surface area (Å²) in [5.74, 6) is 1.08. The third-order valence-corrected chi connectivity index (χ3v) is 4.78. The second-order valence-corrected chi connectivity index (χ2v) is 8.22. The lowest BCUT2D eigenvalue weighted by Gasteiger charge is -2.25. The first kappa shape index (κ1) is 16.3. The smallest absolute Gasteiger partial charge is 0.0418 e. The molecule has 0 bridgehead atoms. The molecule has 0 spiro atoms. The van der Waals surface area contributed by atoms with E-state index in [4.69, 9.17) is 0 Å². The van der Waals surface area contributed by atoms with E-state index in [-0.39, 0.29) is 4.75 Å². The molecule has 2 aromatic rings. The van der Waals surface area contributed by atoms with Gasteiger partial charge in [-0.15, -0.1) is 0 Å². The average Bonchev–Trinajstić information content (AvgIpc) is 2.46. The van der Waals surface area contributed by atoms with Crippen molar-refractivity contribution in [2.75, 3.05) is 12.3 Å². The monoisotopic (exact) mass is 302 g/mol. The van der Waals surface area contributed by atoms with Crippen LogP contribution in [-0.2, 0) is 0 Å². The molecule has 0 aliphatic heterocycles. The van der Waals surface area contributed by atoms with E-state index < -0.39 is 0 Å². The van der Waals surface area contributed by atoms with Crippen LogP contribution in [0.15, 0.2) is 36.7 Å². The van der Waals surface area contributed by atoms with Gasteiger partial charge >= 0.3 is 0 Å². The Morgan fingerprint density at radius 2 is 2.05 bits per heavy atom. The molecule has 1 aromatic heterocycles. The van der Waals surface area contributed by atoms with Crippen LogP contribution in [0.5, 0.6) is 0 Å². The summed E-state index contributed by atoms with van der Waals surface area (Å²) in [6, 6.07) is 9.02. The molecule has 0 amide bonds. The van der Waals surface area contributed by atoms with Crippen LogP contribution >= 0.6 is 11.8 Å². The summed E-state index contributed by atoms with van der Waals surface area (Å²) in [6.07, 6.45) is 5.01. The Labute approximate surface area is 132 Å². The number of fused-ring (bicyclic) bond motifs is 1. The van der Waals surface area contributed by atoms with Crippen molar-refractivity contribution < 1.29 is 0 Å². The lowest BCUT2D eigenvalue weighted by molar-refractivity contribution is 0.578. The molecule has 2 rings (SSSR count). The van der Waals surface area contributed by atoms with Gasteiger partial charge in [-0.1, -0.05) is 45.9 Å². The van der Waals surface area contributed by atoms with Crippen molar-refractivity contribution in [2.45, 2.75) is 44.9 Å². The zero-order valence-electron chi connectivity index (χ0n) is 13.5. The Morgan fingerprint density at radius 1 is 1.24 bits per heavy atom. The van der Waals surface area contributed by atoms with Gasteiger partial charge in [-0.25, -0.2) is 0 Å². The SMILES string of the molecule is CCCNC(CSC(C)(C)C)c1cccc2ccncc12. The van der Waals surface area contributed by atoms with E-state index in [1.54, 1.807) is 0 Å². The zero-order chi connectivity index (χ0) is 15.3. The molecule has 0 aliphatic rings. The number of pyridine rings is 1. The van der Waals surface area contributed by atoms with Gasteiger partial charge in [0, 0.05) is 34.3 Å². The highest BCUT2D eigenvalue weighted by atomic mass is 32.2. The Bertz CT molecular complexity index is 569. The maximum absolute atomic E-state index is 4.31. The van der Waals surface area contributed by atoms with Crippen LogP contribution in [0, 0.1) is 0 Å². The second kappa shape index (κ2) is 7.28. The van der Waals surface area contributed by atoms with E-state index in [2.05, 4.69) is 62.3 Å². The van der Waals surface area contributed by atoms with Gasteiger partial charge in [0.05, 0.1) is 0 Å². The van der Waals surface area contributed by atoms with Gasteiger partial charge in [-0.2, -0.15) is 11.8 Å². The predicted molar refractivity (Wildman–Crippen MR) is 95.0 cm³/mol. The number of hydrogen-bond acceptors (Lipinski definition) is 3. The average molecular weight is 302 g/mol. The number of hydrogen-bond donors (Lipinski definition) is 1. The molecule has 1 aromatic carbocycles. The number of rotatable bonds is 6. The number of thioether (sulfide) groups is 1. The minimum atomic E-state index is 0.287. The van der Waals surface area contributed by atoms with Crippen molar-refractivity contribution in [3.8, 4) is 0 Å². The molecule has 0 radical (unpaired) electrons. The zero-order valence-corrected chi connectivity index (χ0v) is 14.3. The number of aromatic nitrogens is 1. The summed E-state index contributed by atoms with van der Waals surface area (Å²) in [5, 5.41) is 6.24. The van der Waals surface area contributed by atoms with Gasteiger partial charge in [0.2, 0.25) is 0 Å². The summed E-state index contributed by atoms with van der Waals surface area (Å²) in [6.45, 7) is 10.1. The van der Waals surface area contributed by atoms with Crippen LogP contribution in [0.4, 0.5) is 0 Å². The molecule has 1 N–H and O–H groups in total. The Balaban J connectivity index is 2.29. The van der Waals surface area contributed by atoms with E-state index in [1.165, 1.54) is 16.3 Å². The molecule has 1 atom stereocenters. The van der Waals surface area contributed by atoms with Gasteiger partial charge in [-0.3, -0.25) is 4.98 Å². The first-order valence-electron chi connectivity index (χ1n) is 7.71. The molecular formula is C18H26N2S. The molecule has 1 heterocycles. The lowest BCUT2D eigenvalue weighted by Crippen LogP contribution is -2.26. The minimum Gasteiger partial charge on any atom is -0.309 e. The fourth-order valence-electron chi connectivity index (χ4n) is 2.35. The predicted octanol–water partition coefficient (Wildman–Crippen LogP) is 4.81. The van der Waals surface area contributed by atoms with E-state index >= 15 is 0 Å². The fraction of sp³-hybridized carbons (Fsp3) is 0.500. The maximum atomic E-state index is 4.31. The molecule has 3 heteroatoms. The highest BCUT2D eigenvalue weighted by molar-refractivity contribution is 8.00. The van der Waals surface area contributed by atoms with Gasteiger partial charge in [0.15, 0.2) is 0 Å². The van der Waals surface area contributed by atoms with Crippen molar-refractivity contribution in [3.63, 3.8) is 0 Å². The van der Waals surface area contributed by atoms with Crippen LogP contribution in [0.1, 0.15) is 45.7 Å². The normalized spacial score (nSPS) is 13.5. The van der Waals surface area contributed by atoms with Crippen LogP contribution in [0.25, 0.3) is 10.8 Å². The molecule has 21 heavy (non-hydrogen) atoms. The summed E-state index contributed by atoms with van der Waals surface area (Å²) >= 11 is 2.01. The van der Waals surface area contributed by atoms with E-state index in [0.29, 0.717) is 6.04 Å². The van der Waals surface area contributed by atoms with Crippen molar-refractivity contribution >= 4 is 22.5 Å². The quantitative estimate of drug-likeness (QED) is 0.829.